The van der Waals surface area contributed by atoms with Gasteiger partial charge in [0.15, 0.2) is 0 Å². The van der Waals surface area contributed by atoms with E-state index in [1.54, 1.807) is 6.92 Å². The largest absolute Gasteiger partial charge is 0.785 e. The summed E-state index contributed by atoms with van der Waals surface area (Å²) < 4.78 is 0. The number of carbonyl (C=O) groups is 1. The van der Waals surface area contributed by atoms with E-state index in [4.69, 9.17) is 5.11 Å². The third-order valence-corrected chi connectivity index (χ3v) is 2.67. The minimum atomic E-state index is -0.800. The van der Waals surface area contributed by atoms with E-state index in [0.29, 0.717) is 25.9 Å². The maximum atomic E-state index is 11.5. The lowest BCUT2D eigenvalue weighted by molar-refractivity contribution is -0.141. The zero-order chi connectivity index (χ0) is 12.7. The van der Waals surface area contributed by atoms with Crippen molar-refractivity contribution >= 4 is 5.97 Å². The highest BCUT2D eigenvalue weighted by Crippen LogP contribution is 2.08. The lowest BCUT2D eigenvalue weighted by atomic mass is 10.1. The summed E-state index contributed by atoms with van der Waals surface area (Å²) in [4.78, 5) is 10.6. The molecule has 0 fully saturated rings. The first kappa shape index (κ1) is 13.7. The number of hydrogen-bond acceptors (Lipinski definition) is 3. The van der Waals surface area contributed by atoms with E-state index in [1.807, 2.05) is 30.3 Å². The van der Waals surface area contributed by atoms with Crippen LogP contribution >= 0.6 is 0 Å². The van der Waals surface area contributed by atoms with Gasteiger partial charge in [-0.25, -0.2) is 0 Å². The van der Waals surface area contributed by atoms with Crippen molar-refractivity contribution < 1.29 is 9.90 Å². The van der Waals surface area contributed by atoms with Gasteiger partial charge in [0.2, 0.25) is 0 Å². The van der Waals surface area contributed by atoms with Crippen LogP contribution < -0.4 is 0 Å². The topological polar surface area (TPSA) is 63.6 Å². The zero-order valence-corrected chi connectivity index (χ0v) is 10.0. The average Bonchev–Trinajstić information content (AvgIpc) is 2.30. The maximum Gasteiger partial charge on any atom is 0.306 e. The van der Waals surface area contributed by atoms with E-state index in [2.05, 4.69) is 0 Å². The molecular formula is C13H18NO3-. The molecule has 0 aromatic heterocycles. The molecule has 0 unspecified atom stereocenters. The Morgan fingerprint density at radius 3 is 2.65 bits per heavy atom. The number of aliphatic carboxylic acids is 1. The van der Waals surface area contributed by atoms with Crippen molar-refractivity contribution in [2.24, 2.45) is 5.92 Å². The Morgan fingerprint density at radius 1 is 1.41 bits per heavy atom. The number of rotatable bonds is 7. The number of hydroxylamine groups is 2. The molecule has 0 spiro atoms. The van der Waals surface area contributed by atoms with Gasteiger partial charge in [0.05, 0.1) is 5.92 Å². The van der Waals surface area contributed by atoms with E-state index >= 15 is 0 Å². The quantitative estimate of drug-likeness (QED) is 0.739. The minimum Gasteiger partial charge on any atom is -0.785 e. The molecule has 0 radical (unpaired) electrons. The van der Waals surface area contributed by atoms with E-state index < -0.39 is 5.97 Å². The third-order valence-electron chi connectivity index (χ3n) is 2.67. The fourth-order valence-electron chi connectivity index (χ4n) is 1.56. The maximum absolute atomic E-state index is 11.5. The fraction of sp³-hybridized carbons (Fsp3) is 0.462. The fourth-order valence-corrected chi connectivity index (χ4v) is 1.56. The number of carboxylic acid groups (broad SMARTS) is 1. The third kappa shape index (κ3) is 5.47. The van der Waals surface area contributed by atoms with Gasteiger partial charge in [0, 0.05) is 6.54 Å². The monoisotopic (exact) mass is 236 g/mol. The van der Waals surface area contributed by atoms with Crippen LogP contribution in [0, 0.1) is 11.1 Å². The molecule has 1 aromatic carbocycles. The van der Waals surface area contributed by atoms with Crippen LogP contribution in [0.4, 0.5) is 0 Å². The summed E-state index contributed by atoms with van der Waals surface area (Å²) in [5.74, 6) is -1.18. The molecule has 0 saturated carbocycles. The van der Waals surface area contributed by atoms with Gasteiger partial charge in [0.1, 0.15) is 0 Å². The summed E-state index contributed by atoms with van der Waals surface area (Å²) in [5.41, 5.74) is 0.980. The van der Waals surface area contributed by atoms with Gasteiger partial charge in [-0.3, -0.25) is 4.79 Å². The van der Waals surface area contributed by atoms with Crippen molar-refractivity contribution in [3.05, 3.63) is 41.1 Å². The Balaban J connectivity index is 2.22. The van der Waals surface area contributed by atoms with Crippen LogP contribution in [0.2, 0.25) is 0 Å². The van der Waals surface area contributed by atoms with Gasteiger partial charge in [-0.05, 0) is 24.9 Å². The second-order valence-electron chi connectivity index (χ2n) is 4.23. The van der Waals surface area contributed by atoms with Crippen molar-refractivity contribution in [1.82, 2.24) is 5.06 Å². The number of carboxylic acids is 1. The number of benzene rings is 1. The summed E-state index contributed by atoms with van der Waals surface area (Å²) in [6, 6.07) is 9.52. The Labute approximate surface area is 101 Å². The molecular weight excluding hydrogens is 218 g/mol. The standard InChI is InChI=1S/C13H18NO3/c1-11(13(15)16)6-5-9-14(17)10-12-7-3-2-4-8-12/h2-4,7-8,11H,5-6,9-10H2,1H3,(H,15,16)/q-1/t11-/m0/s1. The molecule has 0 heterocycles. The zero-order valence-electron chi connectivity index (χ0n) is 10.0. The summed E-state index contributed by atoms with van der Waals surface area (Å²) in [5, 5.41) is 21.2. The average molecular weight is 236 g/mol. The molecule has 4 nitrogen and oxygen atoms in total. The first-order valence-electron chi connectivity index (χ1n) is 5.78. The summed E-state index contributed by atoms with van der Waals surface area (Å²) in [6.07, 6.45) is 1.16. The molecule has 1 rings (SSSR count). The van der Waals surface area contributed by atoms with Crippen LogP contribution in [0.5, 0.6) is 0 Å². The molecule has 4 heteroatoms. The molecule has 1 atom stereocenters. The van der Waals surface area contributed by atoms with Gasteiger partial charge in [-0.1, -0.05) is 37.3 Å². The van der Waals surface area contributed by atoms with E-state index in [-0.39, 0.29) is 5.92 Å². The summed E-state index contributed by atoms with van der Waals surface area (Å²) in [7, 11) is 0. The van der Waals surface area contributed by atoms with Crippen LogP contribution in [0.1, 0.15) is 25.3 Å². The van der Waals surface area contributed by atoms with Gasteiger partial charge in [0.25, 0.3) is 0 Å². The van der Waals surface area contributed by atoms with Crippen molar-refractivity contribution in [1.29, 1.82) is 0 Å². The highest BCUT2D eigenvalue weighted by atomic mass is 16.5. The minimum absolute atomic E-state index is 0.363. The SMILES string of the molecule is C[C@@H](CCCN([O-])Cc1ccccc1)C(=O)O. The summed E-state index contributed by atoms with van der Waals surface area (Å²) >= 11 is 0. The van der Waals surface area contributed by atoms with Crippen molar-refractivity contribution in [3.8, 4) is 0 Å². The number of nitrogens with zero attached hydrogens (tertiary/aromatic N) is 1. The van der Waals surface area contributed by atoms with Gasteiger partial charge in [-0.15, -0.1) is 0 Å². The van der Waals surface area contributed by atoms with Crippen molar-refractivity contribution in [2.45, 2.75) is 26.3 Å². The van der Waals surface area contributed by atoms with Crippen molar-refractivity contribution in [3.63, 3.8) is 0 Å². The Kier molecular flexibility index (Phi) is 5.66. The molecule has 0 bridgehead atoms. The van der Waals surface area contributed by atoms with E-state index in [1.165, 1.54) is 0 Å². The Morgan fingerprint density at radius 2 is 2.06 bits per heavy atom. The molecule has 1 aromatic rings. The second kappa shape index (κ2) is 7.04. The predicted molar refractivity (Wildman–Crippen MR) is 66.3 cm³/mol. The molecule has 0 aliphatic heterocycles. The van der Waals surface area contributed by atoms with Crippen molar-refractivity contribution in [2.75, 3.05) is 6.54 Å². The molecule has 1 N–H and O–H groups in total. The highest BCUT2D eigenvalue weighted by Gasteiger charge is 2.09. The smallest absolute Gasteiger partial charge is 0.306 e. The van der Waals surface area contributed by atoms with Gasteiger partial charge in [-0.2, -0.15) is 0 Å². The van der Waals surface area contributed by atoms with Gasteiger partial charge < -0.3 is 15.4 Å². The molecule has 0 aliphatic carbocycles. The van der Waals surface area contributed by atoms with Crippen LogP contribution in [0.25, 0.3) is 0 Å². The number of hydrogen-bond donors (Lipinski definition) is 1. The molecule has 17 heavy (non-hydrogen) atoms. The van der Waals surface area contributed by atoms with E-state index in [0.717, 1.165) is 10.6 Å². The van der Waals surface area contributed by atoms with Gasteiger partial charge >= 0.3 is 5.97 Å². The predicted octanol–water partition coefficient (Wildman–Crippen LogP) is 2.49. The molecule has 0 amide bonds. The van der Waals surface area contributed by atoms with Crippen LogP contribution in [-0.2, 0) is 11.3 Å². The first-order valence-corrected chi connectivity index (χ1v) is 5.78. The lowest BCUT2D eigenvalue weighted by Gasteiger charge is -2.28. The van der Waals surface area contributed by atoms with E-state index in [9.17, 15) is 10.0 Å². The summed E-state index contributed by atoms with van der Waals surface area (Å²) in [6.45, 7) is 2.41. The highest BCUT2D eigenvalue weighted by molar-refractivity contribution is 5.69. The Bertz CT molecular complexity index is 340. The van der Waals surface area contributed by atoms with Crippen LogP contribution in [-0.4, -0.2) is 22.7 Å². The first-order chi connectivity index (χ1) is 8.09. The molecule has 0 aliphatic rings. The molecule has 94 valence electrons. The second-order valence-corrected chi connectivity index (χ2v) is 4.23. The normalized spacial score (nSPS) is 12.6. The van der Waals surface area contributed by atoms with Crippen LogP contribution in [0.15, 0.2) is 30.3 Å². The van der Waals surface area contributed by atoms with Crippen LogP contribution in [0.3, 0.4) is 0 Å². The Hall–Kier alpha value is -1.39. The lowest BCUT2D eigenvalue weighted by Crippen LogP contribution is -2.19. The molecule has 0 saturated heterocycles.